The number of aryl methyl sites for hydroxylation is 2. The number of H-pyrrole nitrogens is 1. The first kappa shape index (κ1) is 18.3. The maximum absolute atomic E-state index is 12.6. The van der Waals surface area contributed by atoms with Crippen molar-refractivity contribution in [2.45, 2.75) is 31.6 Å². The van der Waals surface area contributed by atoms with E-state index in [0.29, 0.717) is 34.8 Å². The second kappa shape index (κ2) is 7.43. The van der Waals surface area contributed by atoms with Crippen LogP contribution in [0.3, 0.4) is 0 Å². The van der Waals surface area contributed by atoms with Crippen LogP contribution in [0.5, 0.6) is 5.75 Å². The number of hydrogen-bond acceptors (Lipinski definition) is 4. The van der Waals surface area contributed by atoms with Gasteiger partial charge in [-0.1, -0.05) is 13.3 Å². The van der Waals surface area contributed by atoms with Gasteiger partial charge in [-0.2, -0.15) is 0 Å². The molecule has 0 spiro atoms. The lowest BCUT2D eigenvalue weighted by Crippen LogP contribution is -2.12. The largest absolute Gasteiger partial charge is 0.493 e. The first-order valence-electron chi connectivity index (χ1n) is 8.42. The van der Waals surface area contributed by atoms with Crippen molar-refractivity contribution < 1.29 is 13.5 Å². The molecule has 0 radical (unpaired) electrons. The van der Waals surface area contributed by atoms with Gasteiger partial charge in [0.25, 0.3) is 5.56 Å². The predicted octanol–water partition coefficient (Wildman–Crippen LogP) is 2.86. The summed E-state index contributed by atoms with van der Waals surface area (Å²) >= 11 is -2.14. The number of aromatic nitrogens is 3. The van der Waals surface area contributed by atoms with Crippen LogP contribution in [0.1, 0.15) is 25.8 Å². The predicted molar refractivity (Wildman–Crippen MR) is 101 cm³/mol. The van der Waals surface area contributed by atoms with Gasteiger partial charge < -0.3 is 18.8 Å². The molecule has 3 aromatic rings. The molecule has 0 aliphatic heterocycles. The lowest BCUT2D eigenvalue weighted by Gasteiger charge is -2.11. The van der Waals surface area contributed by atoms with Crippen LogP contribution in [0.25, 0.3) is 22.4 Å². The van der Waals surface area contributed by atoms with Crippen LogP contribution in [0.4, 0.5) is 0 Å². The molecule has 8 heteroatoms. The third-order valence-electron chi connectivity index (χ3n) is 4.13. The Kier molecular flexibility index (Phi) is 5.24. The normalized spacial score (nSPS) is 12.5. The lowest BCUT2D eigenvalue weighted by molar-refractivity contribution is 0.341. The monoisotopic (exact) mass is 375 g/mol. The molecule has 2 N–H and O–H groups in total. The Balaban J connectivity index is 2.28. The van der Waals surface area contributed by atoms with E-state index >= 15 is 0 Å². The molecule has 2 heterocycles. The van der Waals surface area contributed by atoms with Crippen molar-refractivity contribution in [2.24, 2.45) is 7.05 Å². The molecule has 3 rings (SSSR count). The number of benzene rings is 1. The van der Waals surface area contributed by atoms with Crippen LogP contribution < -0.4 is 10.3 Å². The average molecular weight is 375 g/mol. The van der Waals surface area contributed by atoms with Crippen molar-refractivity contribution in [3.63, 3.8) is 0 Å². The Bertz CT molecular complexity index is 1040. The van der Waals surface area contributed by atoms with Gasteiger partial charge in [-0.25, -0.2) is 9.19 Å². The highest BCUT2D eigenvalue weighted by Crippen LogP contribution is 2.30. The fourth-order valence-corrected chi connectivity index (χ4v) is 3.44. The van der Waals surface area contributed by atoms with Crippen LogP contribution in [-0.2, 0) is 24.5 Å². The minimum absolute atomic E-state index is 0.216. The quantitative estimate of drug-likeness (QED) is 0.646. The van der Waals surface area contributed by atoms with E-state index in [4.69, 9.17) is 4.74 Å². The maximum Gasteiger partial charge on any atom is 0.275 e. The summed E-state index contributed by atoms with van der Waals surface area (Å²) in [7, 11) is 1.82. The van der Waals surface area contributed by atoms with E-state index in [0.717, 1.165) is 18.4 Å². The number of fused-ring (bicyclic) bond motifs is 1. The minimum Gasteiger partial charge on any atom is -0.493 e. The highest BCUT2D eigenvalue weighted by molar-refractivity contribution is 7.79. The van der Waals surface area contributed by atoms with Crippen molar-refractivity contribution >= 4 is 22.1 Å². The molecule has 0 aliphatic carbocycles. The topological polar surface area (TPSA) is 97.2 Å². The summed E-state index contributed by atoms with van der Waals surface area (Å²) in [6.45, 7) is 4.34. The van der Waals surface area contributed by atoms with Gasteiger partial charge in [-0.05, 0) is 37.1 Å². The zero-order valence-electron chi connectivity index (χ0n) is 14.9. The van der Waals surface area contributed by atoms with E-state index in [1.807, 2.05) is 20.2 Å². The van der Waals surface area contributed by atoms with E-state index in [1.54, 1.807) is 10.6 Å². The van der Waals surface area contributed by atoms with Crippen LogP contribution in [-0.4, -0.2) is 29.9 Å². The number of rotatable bonds is 6. The number of aromatic amines is 1. The first-order chi connectivity index (χ1) is 12.5. The second-order valence-electron chi connectivity index (χ2n) is 5.97. The number of nitrogens with one attached hydrogen (secondary N) is 1. The summed E-state index contributed by atoms with van der Waals surface area (Å²) in [5.41, 5.74) is 2.38. The average Bonchev–Trinajstić information content (AvgIpc) is 2.92. The highest BCUT2D eigenvalue weighted by atomic mass is 32.2. The molecule has 138 valence electrons. The fraction of sp³-hybridized carbons (Fsp3) is 0.333. The Morgan fingerprint density at radius 1 is 1.35 bits per heavy atom. The van der Waals surface area contributed by atoms with Crippen molar-refractivity contribution in [3.05, 3.63) is 40.3 Å². The molecule has 0 aliphatic rings. The SMILES string of the molecule is CCCc1cn(C)c2c(=O)[nH]c(-c3cc(S(=O)O)ccc3OCC)nc12. The summed E-state index contributed by atoms with van der Waals surface area (Å²) in [4.78, 5) is 20.3. The molecule has 1 aromatic carbocycles. The third kappa shape index (κ3) is 3.30. The Labute approximate surface area is 153 Å². The Morgan fingerprint density at radius 2 is 2.12 bits per heavy atom. The maximum atomic E-state index is 12.6. The molecule has 0 saturated carbocycles. The number of ether oxygens (including phenoxy) is 1. The van der Waals surface area contributed by atoms with Gasteiger partial charge in [0.2, 0.25) is 0 Å². The van der Waals surface area contributed by atoms with Gasteiger partial charge in [0.05, 0.1) is 22.6 Å². The summed E-state index contributed by atoms with van der Waals surface area (Å²) in [5, 5.41) is 0. The minimum atomic E-state index is -2.14. The number of nitrogens with zero attached hydrogens (tertiary/aromatic N) is 2. The molecular formula is C18H21N3O4S. The number of hydrogen-bond donors (Lipinski definition) is 2. The molecular weight excluding hydrogens is 354 g/mol. The van der Waals surface area contributed by atoms with E-state index in [-0.39, 0.29) is 10.5 Å². The molecule has 0 fully saturated rings. The zero-order chi connectivity index (χ0) is 18.8. The molecule has 2 aromatic heterocycles. The van der Waals surface area contributed by atoms with Gasteiger partial charge in [-0.15, -0.1) is 0 Å². The summed E-state index contributed by atoms with van der Waals surface area (Å²) in [5.74, 6) is 0.818. The molecule has 26 heavy (non-hydrogen) atoms. The van der Waals surface area contributed by atoms with Crippen molar-refractivity contribution in [1.29, 1.82) is 0 Å². The highest BCUT2D eigenvalue weighted by Gasteiger charge is 2.17. The van der Waals surface area contributed by atoms with Gasteiger partial charge in [0.1, 0.15) is 17.1 Å². The van der Waals surface area contributed by atoms with Crippen LogP contribution in [0, 0.1) is 0 Å². The van der Waals surface area contributed by atoms with Gasteiger partial charge in [-0.3, -0.25) is 4.79 Å². The van der Waals surface area contributed by atoms with E-state index in [1.165, 1.54) is 12.1 Å². The van der Waals surface area contributed by atoms with Gasteiger partial charge in [0, 0.05) is 13.2 Å². The standard InChI is InChI=1S/C18H21N3O4S/c1-4-6-11-10-21(3)16-15(11)19-17(20-18(16)22)13-9-12(26(23)24)7-8-14(13)25-5-2/h7-10H,4-6H2,1-3H3,(H,23,24)(H,19,20,22). The molecule has 1 atom stereocenters. The molecule has 0 bridgehead atoms. The zero-order valence-corrected chi connectivity index (χ0v) is 15.7. The van der Waals surface area contributed by atoms with Gasteiger partial charge in [0.15, 0.2) is 11.1 Å². The smallest absolute Gasteiger partial charge is 0.275 e. The van der Waals surface area contributed by atoms with Crippen LogP contribution >= 0.6 is 0 Å². The Morgan fingerprint density at radius 3 is 2.77 bits per heavy atom. The summed E-state index contributed by atoms with van der Waals surface area (Å²) < 4.78 is 28.2. The van der Waals surface area contributed by atoms with Crippen molar-refractivity contribution in [1.82, 2.24) is 14.5 Å². The lowest BCUT2D eigenvalue weighted by atomic mass is 10.1. The van der Waals surface area contributed by atoms with Crippen LogP contribution in [0.2, 0.25) is 0 Å². The van der Waals surface area contributed by atoms with E-state index < -0.39 is 11.1 Å². The summed E-state index contributed by atoms with van der Waals surface area (Å²) in [6, 6.07) is 4.66. The van der Waals surface area contributed by atoms with Crippen LogP contribution in [0.15, 0.2) is 34.1 Å². The van der Waals surface area contributed by atoms with Crippen molar-refractivity contribution in [3.8, 4) is 17.1 Å². The first-order valence-corrected chi connectivity index (χ1v) is 9.53. The molecule has 0 amide bonds. The fourth-order valence-electron chi connectivity index (χ4n) is 3.04. The molecule has 0 saturated heterocycles. The summed E-state index contributed by atoms with van der Waals surface area (Å²) in [6.07, 6.45) is 3.67. The second-order valence-corrected chi connectivity index (χ2v) is 6.94. The van der Waals surface area contributed by atoms with E-state index in [2.05, 4.69) is 16.9 Å². The Hall–Kier alpha value is -2.45. The molecule has 1 unspecified atom stereocenters. The van der Waals surface area contributed by atoms with Gasteiger partial charge >= 0.3 is 0 Å². The third-order valence-corrected chi connectivity index (χ3v) is 4.79. The van der Waals surface area contributed by atoms with E-state index in [9.17, 15) is 13.6 Å². The molecule has 7 nitrogen and oxygen atoms in total. The van der Waals surface area contributed by atoms with Crippen molar-refractivity contribution in [2.75, 3.05) is 6.61 Å².